The van der Waals surface area contributed by atoms with Crippen molar-refractivity contribution in [3.05, 3.63) is 23.8 Å². The molecule has 1 amide bonds. The molecule has 0 atom stereocenters. The molecule has 0 aromatic heterocycles. The van der Waals surface area contributed by atoms with E-state index in [1.165, 1.54) is 0 Å². The Morgan fingerprint density at radius 1 is 1.23 bits per heavy atom. The van der Waals surface area contributed by atoms with Crippen LogP contribution in [0.15, 0.2) is 18.2 Å². The van der Waals surface area contributed by atoms with Crippen molar-refractivity contribution < 1.29 is 18.8 Å². The highest BCUT2D eigenvalue weighted by atomic mass is 16.7. The Morgan fingerprint density at radius 2 is 1.82 bits per heavy atom. The van der Waals surface area contributed by atoms with Gasteiger partial charge in [0.2, 0.25) is 5.91 Å². The van der Waals surface area contributed by atoms with Crippen LogP contribution in [0.2, 0.25) is 0 Å². The van der Waals surface area contributed by atoms with Gasteiger partial charge in [-0.3, -0.25) is 4.79 Å². The van der Waals surface area contributed by atoms with E-state index in [0.29, 0.717) is 5.75 Å². The van der Waals surface area contributed by atoms with Crippen molar-refractivity contribution in [3.8, 4) is 5.75 Å². The number of nitrogens with one attached hydrogen (secondary N) is 1. The highest BCUT2D eigenvalue weighted by Gasteiger charge is 2.51. The van der Waals surface area contributed by atoms with Crippen LogP contribution in [0.4, 0.5) is 0 Å². The summed E-state index contributed by atoms with van der Waals surface area (Å²) < 4.78 is 17.4. The number of rotatable bonds is 4. The second kappa shape index (κ2) is 5.93. The number of likely N-dealkylation sites (N-methyl/N-ethyl adjacent to an activating group) is 1. The second-order valence-corrected chi connectivity index (χ2v) is 6.51. The molecule has 1 fully saturated rings. The quantitative estimate of drug-likeness (QED) is 0.852. The van der Waals surface area contributed by atoms with Crippen LogP contribution < -0.4 is 15.5 Å². The molecule has 1 aliphatic rings. The van der Waals surface area contributed by atoms with Crippen molar-refractivity contribution in [1.29, 1.82) is 0 Å². The summed E-state index contributed by atoms with van der Waals surface area (Å²) in [6, 6.07) is 5.67. The van der Waals surface area contributed by atoms with E-state index in [-0.39, 0.29) is 12.3 Å². The average Bonchev–Trinajstić information content (AvgIpc) is 2.67. The number of hydrogen-bond donors (Lipinski definition) is 1. The average molecular weight is 305 g/mol. The lowest BCUT2D eigenvalue weighted by Gasteiger charge is -2.32. The Hall–Kier alpha value is -1.53. The Balaban J connectivity index is 2.30. The second-order valence-electron chi connectivity index (χ2n) is 6.51. The maximum Gasteiger partial charge on any atom is 0.494 e. The van der Waals surface area contributed by atoms with Gasteiger partial charge in [0.25, 0.3) is 0 Å². The molecule has 0 bridgehead atoms. The van der Waals surface area contributed by atoms with E-state index >= 15 is 0 Å². The SMILES string of the molecule is CNC(=O)Cc1cc(B2OC(C)(C)C(C)(C)O2)ccc1OC. The normalized spacial score (nSPS) is 19.1. The van der Waals surface area contributed by atoms with E-state index in [4.69, 9.17) is 14.0 Å². The molecule has 0 spiro atoms. The third-order valence-corrected chi connectivity index (χ3v) is 4.46. The van der Waals surface area contributed by atoms with Crippen molar-refractivity contribution >= 4 is 18.5 Å². The van der Waals surface area contributed by atoms with Crippen LogP contribution in [0.1, 0.15) is 33.3 Å². The van der Waals surface area contributed by atoms with Crippen LogP contribution in [0, 0.1) is 0 Å². The fraction of sp³-hybridized carbons (Fsp3) is 0.562. The molecule has 0 radical (unpaired) electrons. The first kappa shape index (κ1) is 16.8. The molecule has 6 heteroatoms. The Bertz CT molecular complexity index is 555. The Morgan fingerprint density at radius 3 is 2.32 bits per heavy atom. The number of amides is 1. The third kappa shape index (κ3) is 3.13. The van der Waals surface area contributed by atoms with E-state index in [1.54, 1.807) is 14.2 Å². The molecule has 1 aliphatic heterocycles. The van der Waals surface area contributed by atoms with Gasteiger partial charge in [-0.15, -0.1) is 0 Å². The molecule has 1 saturated heterocycles. The van der Waals surface area contributed by atoms with Crippen molar-refractivity contribution in [1.82, 2.24) is 5.32 Å². The molecular formula is C16H24BNO4. The first-order valence-electron chi connectivity index (χ1n) is 7.43. The minimum atomic E-state index is -0.445. The summed E-state index contributed by atoms with van der Waals surface area (Å²) in [4.78, 5) is 11.7. The zero-order chi connectivity index (χ0) is 16.5. The number of benzene rings is 1. The molecule has 0 aliphatic carbocycles. The van der Waals surface area contributed by atoms with Crippen LogP contribution >= 0.6 is 0 Å². The molecule has 1 heterocycles. The lowest BCUT2D eigenvalue weighted by Crippen LogP contribution is -2.41. The third-order valence-electron chi connectivity index (χ3n) is 4.46. The van der Waals surface area contributed by atoms with E-state index in [0.717, 1.165) is 11.0 Å². The van der Waals surface area contributed by atoms with Gasteiger partial charge in [-0.1, -0.05) is 12.1 Å². The zero-order valence-corrected chi connectivity index (χ0v) is 14.1. The summed E-state index contributed by atoms with van der Waals surface area (Å²) in [5.74, 6) is 0.619. The smallest absolute Gasteiger partial charge is 0.494 e. The fourth-order valence-electron chi connectivity index (χ4n) is 2.32. The van der Waals surface area contributed by atoms with Crippen LogP contribution in [-0.2, 0) is 20.5 Å². The number of hydrogen-bond acceptors (Lipinski definition) is 4. The van der Waals surface area contributed by atoms with E-state index < -0.39 is 18.3 Å². The van der Waals surface area contributed by atoms with Gasteiger partial charge in [0.1, 0.15) is 5.75 Å². The van der Waals surface area contributed by atoms with Crippen LogP contribution in [0.25, 0.3) is 0 Å². The van der Waals surface area contributed by atoms with Gasteiger partial charge in [-0.05, 0) is 39.2 Å². The summed E-state index contributed by atoms with van der Waals surface area (Å²) in [6.45, 7) is 8.06. The topological polar surface area (TPSA) is 56.8 Å². The van der Waals surface area contributed by atoms with E-state index in [2.05, 4.69) is 5.32 Å². The number of carbonyl (C=O) groups is 1. The Labute approximate surface area is 132 Å². The maximum atomic E-state index is 11.7. The molecule has 1 aromatic carbocycles. The van der Waals surface area contributed by atoms with Crippen molar-refractivity contribution in [2.75, 3.05) is 14.2 Å². The Kier molecular flexibility index (Phi) is 4.54. The van der Waals surface area contributed by atoms with Gasteiger partial charge in [0, 0.05) is 12.6 Å². The van der Waals surface area contributed by atoms with Crippen LogP contribution in [0.5, 0.6) is 5.75 Å². The minimum absolute atomic E-state index is 0.0654. The van der Waals surface area contributed by atoms with Crippen molar-refractivity contribution in [3.63, 3.8) is 0 Å². The van der Waals surface area contributed by atoms with Crippen LogP contribution in [-0.4, -0.2) is 38.4 Å². The molecule has 2 rings (SSSR count). The number of ether oxygens (including phenoxy) is 1. The predicted octanol–water partition coefficient (Wildman–Crippen LogP) is 1.28. The highest BCUT2D eigenvalue weighted by Crippen LogP contribution is 2.36. The summed E-state index contributed by atoms with van der Waals surface area (Å²) in [5.41, 5.74) is 0.921. The lowest BCUT2D eigenvalue weighted by molar-refractivity contribution is -0.119. The molecule has 5 nitrogen and oxygen atoms in total. The zero-order valence-electron chi connectivity index (χ0n) is 14.1. The molecule has 120 valence electrons. The minimum Gasteiger partial charge on any atom is -0.496 e. The molecule has 0 unspecified atom stereocenters. The van der Waals surface area contributed by atoms with Crippen molar-refractivity contribution in [2.24, 2.45) is 0 Å². The van der Waals surface area contributed by atoms with Gasteiger partial charge in [-0.25, -0.2) is 0 Å². The molecular weight excluding hydrogens is 281 g/mol. The van der Waals surface area contributed by atoms with Gasteiger partial charge < -0.3 is 19.4 Å². The molecule has 0 saturated carbocycles. The largest absolute Gasteiger partial charge is 0.496 e. The summed E-state index contributed by atoms with van der Waals surface area (Å²) in [5, 5.41) is 2.62. The fourth-order valence-corrected chi connectivity index (χ4v) is 2.32. The summed E-state index contributed by atoms with van der Waals surface area (Å²) in [6.07, 6.45) is 0.257. The summed E-state index contributed by atoms with van der Waals surface area (Å²) >= 11 is 0. The summed E-state index contributed by atoms with van der Waals surface area (Å²) in [7, 11) is 2.77. The first-order valence-corrected chi connectivity index (χ1v) is 7.43. The van der Waals surface area contributed by atoms with Crippen LogP contribution in [0.3, 0.4) is 0 Å². The number of methoxy groups -OCH3 is 1. The molecule has 22 heavy (non-hydrogen) atoms. The monoisotopic (exact) mass is 305 g/mol. The standard InChI is InChI=1S/C16H24BNO4/c1-15(2)16(3,4)22-17(21-15)12-7-8-13(20-6)11(9-12)10-14(19)18-5/h7-9H,10H2,1-6H3,(H,18,19). The molecule has 1 N–H and O–H groups in total. The number of carbonyl (C=O) groups excluding carboxylic acids is 1. The molecule has 1 aromatic rings. The van der Waals surface area contributed by atoms with Crippen molar-refractivity contribution in [2.45, 2.75) is 45.3 Å². The van der Waals surface area contributed by atoms with Gasteiger partial charge >= 0.3 is 7.12 Å². The first-order chi connectivity index (χ1) is 10.2. The van der Waals surface area contributed by atoms with E-state index in [9.17, 15) is 4.79 Å². The highest BCUT2D eigenvalue weighted by molar-refractivity contribution is 6.62. The predicted molar refractivity (Wildman–Crippen MR) is 86.5 cm³/mol. The lowest BCUT2D eigenvalue weighted by atomic mass is 9.78. The van der Waals surface area contributed by atoms with Gasteiger partial charge in [0.15, 0.2) is 0 Å². The van der Waals surface area contributed by atoms with E-state index in [1.807, 2.05) is 45.9 Å². The maximum absolute atomic E-state index is 11.7. The van der Waals surface area contributed by atoms with Gasteiger partial charge in [-0.2, -0.15) is 0 Å². The van der Waals surface area contributed by atoms with Gasteiger partial charge in [0.05, 0.1) is 24.7 Å².